The minimum Gasteiger partial charge on any atom is -0.481 e. The number of fused-ring (bicyclic) bond motifs is 9. The van der Waals surface area contributed by atoms with Gasteiger partial charge in [0.2, 0.25) is 23.6 Å². The molecule has 3 aliphatic heterocycles. The number of anilines is 3. The van der Waals surface area contributed by atoms with Gasteiger partial charge in [-0.25, -0.2) is 0 Å². The zero-order valence-corrected chi connectivity index (χ0v) is 63.2. The Morgan fingerprint density at radius 3 is 1.03 bits per heavy atom. The van der Waals surface area contributed by atoms with Gasteiger partial charge in [0.25, 0.3) is 11.8 Å². The number of aliphatic carboxylic acids is 1. The van der Waals surface area contributed by atoms with Crippen LogP contribution >= 0.6 is 0 Å². The fraction of sp³-hybridized carbons (Fsp3) is 0.477. The first kappa shape index (κ1) is 79.6. The molecule has 0 bridgehead atoms. The summed E-state index contributed by atoms with van der Waals surface area (Å²) in [4.78, 5) is 122. The van der Waals surface area contributed by atoms with Crippen molar-refractivity contribution in [3.8, 4) is 33.4 Å². The number of esters is 2. The van der Waals surface area contributed by atoms with E-state index in [1.54, 1.807) is 35.8 Å². The number of likely N-dealkylation sites (N-methyl/N-ethyl adjacent to an activating group) is 3. The molecule has 3 fully saturated rings. The Morgan fingerprint density at radius 2 is 0.695 bits per heavy atom. The summed E-state index contributed by atoms with van der Waals surface area (Å²) in [6.45, 7) is 12.2. The van der Waals surface area contributed by atoms with Gasteiger partial charge in [0.15, 0.2) is 0 Å². The van der Waals surface area contributed by atoms with Gasteiger partial charge >= 0.3 is 17.9 Å². The second kappa shape index (κ2) is 35.1. The van der Waals surface area contributed by atoms with Crippen molar-refractivity contribution in [1.82, 2.24) is 10.6 Å². The maximum Gasteiger partial charge on any atom is 0.312 e. The molecule has 6 unspecified atom stereocenters. The quantitative estimate of drug-likeness (QED) is 0.0532. The van der Waals surface area contributed by atoms with Crippen LogP contribution in [0, 0.1) is 51.8 Å². The molecule has 3 saturated carbocycles. The van der Waals surface area contributed by atoms with Crippen LogP contribution in [-0.2, 0) is 52.6 Å². The molecule has 0 radical (unpaired) electrons. The molecule has 105 heavy (non-hydrogen) atoms. The highest BCUT2D eigenvalue weighted by atomic mass is 16.5. The third-order valence-electron chi connectivity index (χ3n) is 22.8. The first-order chi connectivity index (χ1) is 50.2. The third-order valence-corrected chi connectivity index (χ3v) is 22.8. The van der Waals surface area contributed by atoms with Gasteiger partial charge in [0, 0.05) is 37.8 Å². The van der Waals surface area contributed by atoms with Crippen molar-refractivity contribution in [3.05, 3.63) is 162 Å². The van der Waals surface area contributed by atoms with E-state index in [0.717, 1.165) is 125 Å². The highest BCUT2D eigenvalue weighted by molar-refractivity contribution is 6.08. The van der Waals surface area contributed by atoms with E-state index in [0.29, 0.717) is 57.8 Å². The number of carboxylic acid groups (broad SMARTS) is 1. The summed E-state index contributed by atoms with van der Waals surface area (Å²) in [6.07, 6.45) is 14.0. The van der Waals surface area contributed by atoms with E-state index >= 15 is 0 Å². The van der Waals surface area contributed by atoms with Crippen LogP contribution in [0.4, 0.5) is 17.1 Å². The number of methoxy groups -OCH3 is 2. The fourth-order valence-electron chi connectivity index (χ4n) is 17.4. The summed E-state index contributed by atoms with van der Waals surface area (Å²) in [5, 5.41) is 15.6. The van der Waals surface area contributed by atoms with Crippen LogP contribution in [0.1, 0.15) is 192 Å². The van der Waals surface area contributed by atoms with Gasteiger partial charge in [-0.1, -0.05) is 227 Å². The second-order valence-electron chi connectivity index (χ2n) is 30.7. The molecule has 7 N–H and O–H groups in total. The van der Waals surface area contributed by atoms with E-state index < -0.39 is 64.0 Å². The number of carbonyl (C=O) groups excluding carboxylic acids is 8. The Bertz CT molecular complexity index is 4050. The molecule has 3 aliphatic carbocycles. The average Bonchev–Trinajstić information content (AvgIpc) is 1.76. The molecule has 0 saturated heterocycles. The number of hydrogen-bond acceptors (Lipinski definition) is 12. The van der Waals surface area contributed by atoms with E-state index in [1.165, 1.54) is 14.2 Å². The molecular formula is C86H109N7O12. The lowest BCUT2D eigenvalue weighted by Crippen LogP contribution is -2.52. The molecule has 6 atom stereocenters. The molecule has 19 heteroatoms. The SMILES string of the molecule is CC(C)CC(C(=O)NC1C(=O)N(C)c2ccccc2-c2ccccc21)C1(C(N)=O)CCCCC1.CN1C(=O)C(N)c2ccccc2-c2ccccc21.COC(=O)C1(C(CC(C)C)C(=O)NC2C(=O)N(C)c3ccccc3-c3ccccc32)CCCCC1.COC(=O)C1(C(CC(C)C)C(=O)O)CCCCC1. The second-order valence-corrected chi connectivity index (χ2v) is 30.7. The summed E-state index contributed by atoms with van der Waals surface area (Å²) in [6, 6.07) is 44.4. The summed E-state index contributed by atoms with van der Waals surface area (Å²) in [7, 11) is 8.01. The normalized spacial score (nSPS) is 19.7. The smallest absolute Gasteiger partial charge is 0.312 e. The Balaban J connectivity index is 0.000000170. The third kappa shape index (κ3) is 16.9. The number of primary amides is 1. The Hall–Kier alpha value is -9.49. The van der Waals surface area contributed by atoms with Gasteiger partial charge in [-0.05, 0) is 127 Å². The maximum atomic E-state index is 14.0. The monoisotopic (exact) mass is 1430 g/mol. The summed E-state index contributed by atoms with van der Waals surface area (Å²) in [5.74, 6) is -3.98. The minimum atomic E-state index is -0.866. The fourth-order valence-corrected chi connectivity index (χ4v) is 17.4. The number of benzene rings is 6. The van der Waals surface area contributed by atoms with Gasteiger partial charge in [0.1, 0.15) is 18.1 Å². The van der Waals surface area contributed by atoms with Gasteiger partial charge in [-0.15, -0.1) is 0 Å². The van der Waals surface area contributed by atoms with E-state index in [1.807, 2.05) is 173 Å². The van der Waals surface area contributed by atoms with Crippen LogP contribution in [0.3, 0.4) is 0 Å². The highest BCUT2D eigenvalue weighted by Gasteiger charge is 2.54. The molecule has 3 heterocycles. The van der Waals surface area contributed by atoms with E-state index in [9.17, 15) is 48.3 Å². The topological polar surface area (TPSA) is 278 Å². The molecule has 0 spiro atoms. The van der Waals surface area contributed by atoms with Crippen LogP contribution in [0.5, 0.6) is 0 Å². The van der Waals surface area contributed by atoms with Crippen molar-refractivity contribution < 1.29 is 57.7 Å². The molecule has 6 aromatic rings. The molecular weight excluding hydrogens is 1320 g/mol. The zero-order chi connectivity index (χ0) is 76.1. The first-order valence-electron chi connectivity index (χ1n) is 37.6. The number of rotatable bonds is 17. The van der Waals surface area contributed by atoms with Crippen molar-refractivity contribution >= 4 is 70.4 Å². The summed E-state index contributed by atoms with van der Waals surface area (Å²) in [5.41, 5.74) is 20.3. The lowest BCUT2D eigenvalue weighted by atomic mass is 9.63. The van der Waals surface area contributed by atoms with Crippen molar-refractivity contribution in [2.24, 2.45) is 63.2 Å². The molecule has 19 nitrogen and oxygen atoms in total. The number of carbonyl (C=O) groups is 9. The summed E-state index contributed by atoms with van der Waals surface area (Å²) >= 11 is 0. The lowest BCUT2D eigenvalue weighted by molar-refractivity contribution is -0.169. The van der Waals surface area contributed by atoms with Crippen molar-refractivity contribution in [3.63, 3.8) is 0 Å². The number of hydrogen-bond donors (Lipinski definition) is 5. The Morgan fingerprint density at radius 1 is 0.419 bits per heavy atom. The zero-order valence-electron chi connectivity index (χ0n) is 63.2. The van der Waals surface area contributed by atoms with Crippen molar-refractivity contribution in [1.29, 1.82) is 0 Å². The maximum absolute atomic E-state index is 14.0. The largest absolute Gasteiger partial charge is 0.481 e. The Kier molecular flexibility index (Phi) is 26.6. The van der Waals surface area contributed by atoms with E-state index in [-0.39, 0.29) is 59.2 Å². The minimum absolute atomic E-state index is 0.0765. The standard InChI is InChI=1S/C29H36N2O4.C28H35N3O3.C15H14N2O.C14H24O4/c1-19(2)18-23(29(28(34)35-4)16-10-5-11-17-29)26(32)30-25-22-14-7-6-12-20(22)21-13-8-9-15-24(21)31(3)27(25)33;1-18(2)17-22(28(27(29)34)15-9-4-10-16-28)25(32)30-24-21-13-6-5-11-19(21)20-12-7-8-14-23(20)31(3)26(24)33;1-17-13-9-5-4-7-11(13)10-6-2-3-8-12(10)14(16)15(17)18;1-10(2)9-11(12(15)16)14(13(17)18-3)7-5-4-6-8-14/h6-9,12-15,19,23,25H,5,10-11,16-18H2,1-4H3,(H,30,32);5-8,11-14,18,22,24H,4,9-10,15-17H2,1-3H3,(H2,29,34)(H,30,32);2-9,14H,16H2,1H3;10-11H,4-9H2,1-3H3,(H,15,16). The predicted octanol–water partition coefficient (Wildman–Crippen LogP) is 15.0. The molecule has 6 aliphatic rings. The van der Waals surface area contributed by atoms with Crippen LogP contribution in [0.25, 0.3) is 33.4 Å². The van der Waals surface area contributed by atoms with Gasteiger partial charge in [0.05, 0.1) is 65.3 Å². The van der Waals surface area contributed by atoms with Gasteiger partial charge in [-0.3, -0.25) is 43.2 Å². The molecule has 12 rings (SSSR count). The number of nitrogens with two attached hydrogens (primary N) is 2. The highest BCUT2D eigenvalue weighted by Crippen LogP contribution is 2.51. The van der Waals surface area contributed by atoms with Crippen molar-refractivity contribution in [2.45, 2.75) is 175 Å². The number of amides is 6. The van der Waals surface area contributed by atoms with Crippen LogP contribution in [0.15, 0.2) is 146 Å². The number of nitrogens with one attached hydrogen (secondary N) is 2. The number of para-hydroxylation sites is 3. The summed E-state index contributed by atoms with van der Waals surface area (Å²) < 4.78 is 10.2. The van der Waals surface area contributed by atoms with E-state index in [2.05, 4.69) is 24.5 Å². The predicted molar refractivity (Wildman–Crippen MR) is 411 cm³/mol. The van der Waals surface area contributed by atoms with Crippen LogP contribution in [-0.4, -0.2) is 93.8 Å². The van der Waals surface area contributed by atoms with E-state index in [4.69, 9.17) is 20.9 Å². The van der Waals surface area contributed by atoms with Crippen LogP contribution < -0.4 is 36.8 Å². The van der Waals surface area contributed by atoms with Crippen molar-refractivity contribution in [2.75, 3.05) is 50.1 Å². The number of carboxylic acids is 1. The molecule has 6 aromatic carbocycles. The average molecular weight is 1430 g/mol. The van der Waals surface area contributed by atoms with Crippen LogP contribution in [0.2, 0.25) is 0 Å². The first-order valence-corrected chi connectivity index (χ1v) is 37.6. The molecule has 0 aromatic heterocycles. The number of nitrogens with zero attached hydrogens (tertiary/aromatic N) is 3. The molecule has 6 amide bonds. The van der Waals surface area contributed by atoms with Gasteiger partial charge < -0.3 is 51.4 Å². The lowest BCUT2D eigenvalue weighted by Gasteiger charge is -2.41. The molecule has 560 valence electrons. The Labute approximate surface area is 619 Å². The van der Waals surface area contributed by atoms with Gasteiger partial charge in [-0.2, -0.15) is 0 Å². The number of ether oxygens (including phenoxy) is 2.